The number of likely N-dealkylation sites (tertiary alicyclic amines) is 1. The third-order valence-corrected chi connectivity index (χ3v) is 5.54. The standard InChI is InChI=1S/C19H26N2O4/c1-2-14-11-21(12-15(14)20-7-9-23-10-8-20)19(22)18-13-24-16-5-3-4-6-17(16)25-18/h3-6,14-15,18H,2,7-13H2,1H3/t14-,15+,18-/m1/s1. The Morgan fingerprint density at radius 3 is 2.68 bits per heavy atom. The Hall–Kier alpha value is -1.79. The zero-order valence-electron chi connectivity index (χ0n) is 14.7. The van der Waals surface area contributed by atoms with E-state index in [2.05, 4.69) is 11.8 Å². The highest BCUT2D eigenvalue weighted by molar-refractivity contribution is 5.82. The lowest BCUT2D eigenvalue weighted by atomic mass is 9.99. The van der Waals surface area contributed by atoms with E-state index in [4.69, 9.17) is 14.2 Å². The molecule has 0 unspecified atom stereocenters. The first-order valence-electron chi connectivity index (χ1n) is 9.25. The summed E-state index contributed by atoms with van der Waals surface area (Å²) in [4.78, 5) is 17.4. The molecule has 25 heavy (non-hydrogen) atoms. The fourth-order valence-electron chi connectivity index (χ4n) is 4.10. The predicted molar refractivity (Wildman–Crippen MR) is 92.9 cm³/mol. The number of para-hydroxylation sites is 2. The van der Waals surface area contributed by atoms with Crippen molar-refractivity contribution in [2.24, 2.45) is 5.92 Å². The summed E-state index contributed by atoms with van der Waals surface area (Å²) >= 11 is 0. The number of benzene rings is 1. The van der Waals surface area contributed by atoms with Crippen LogP contribution in [0.5, 0.6) is 11.5 Å². The van der Waals surface area contributed by atoms with Crippen molar-refractivity contribution in [1.82, 2.24) is 9.80 Å². The molecule has 0 saturated carbocycles. The molecule has 0 spiro atoms. The van der Waals surface area contributed by atoms with Gasteiger partial charge in [0.25, 0.3) is 5.91 Å². The zero-order valence-corrected chi connectivity index (χ0v) is 14.7. The monoisotopic (exact) mass is 346 g/mol. The first kappa shape index (κ1) is 16.7. The van der Waals surface area contributed by atoms with Gasteiger partial charge < -0.3 is 19.1 Å². The second-order valence-electron chi connectivity index (χ2n) is 6.99. The molecule has 0 aromatic heterocycles. The first-order chi connectivity index (χ1) is 12.3. The van der Waals surface area contributed by atoms with Gasteiger partial charge in [-0.05, 0) is 18.1 Å². The summed E-state index contributed by atoms with van der Waals surface area (Å²) in [6.45, 7) is 7.57. The number of amides is 1. The predicted octanol–water partition coefficient (Wildman–Crippen LogP) is 1.40. The Morgan fingerprint density at radius 1 is 1.16 bits per heavy atom. The summed E-state index contributed by atoms with van der Waals surface area (Å²) in [5.74, 6) is 1.93. The molecule has 3 aliphatic rings. The third kappa shape index (κ3) is 3.33. The molecule has 0 radical (unpaired) electrons. The van der Waals surface area contributed by atoms with E-state index in [0.29, 0.717) is 23.5 Å². The maximum atomic E-state index is 13.0. The lowest BCUT2D eigenvalue weighted by molar-refractivity contribution is -0.140. The highest BCUT2D eigenvalue weighted by Crippen LogP contribution is 2.32. The van der Waals surface area contributed by atoms with Gasteiger partial charge in [-0.3, -0.25) is 9.69 Å². The van der Waals surface area contributed by atoms with Crippen molar-refractivity contribution >= 4 is 5.91 Å². The molecule has 0 bridgehead atoms. The number of hydrogen-bond acceptors (Lipinski definition) is 5. The molecule has 2 saturated heterocycles. The van der Waals surface area contributed by atoms with Crippen molar-refractivity contribution in [3.8, 4) is 11.5 Å². The van der Waals surface area contributed by atoms with Crippen molar-refractivity contribution in [3.05, 3.63) is 24.3 Å². The van der Waals surface area contributed by atoms with Crippen LogP contribution in [0.4, 0.5) is 0 Å². The number of hydrogen-bond donors (Lipinski definition) is 0. The average Bonchev–Trinajstić information content (AvgIpc) is 3.12. The number of fused-ring (bicyclic) bond motifs is 1. The van der Waals surface area contributed by atoms with Crippen LogP contribution in [-0.2, 0) is 9.53 Å². The molecule has 3 aliphatic heterocycles. The molecule has 3 heterocycles. The SMILES string of the molecule is CC[C@@H]1CN(C(=O)[C@H]2COc3ccccc3O2)C[C@@H]1N1CCOCC1. The van der Waals surface area contributed by atoms with Crippen LogP contribution >= 0.6 is 0 Å². The lowest BCUT2D eigenvalue weighted by Gasteiger charge is -2.34. The molecule has 4 rings (SSSR count). The Morgan fingerprint density at radius 2 is 1.92 bits per heavy atom. The number of morpholine rings is 1. The topological polar surface area (TPSA) is 51.2 Å². The van der Waals surface area contributed by atoms with Gasteiger partial charge >= 0.3 is 0 Å². The zero-order chi connectivity index (χ0) is 17.2. The molecule has 1 aromatic rings. The molecule has 136 valence electrons. The molecule has 0 N–H and O–H groups in total. The number of carbonyl (C=O) groups excluding carboxylic acids is 1. The first-order valence-corrected chi connectivity index (χ1v) is 9.25. The van der Waals surface area contributed by atoms with Crippen LogP contribution < -0.4 is 9.47 Å². The average molecular weight is 346 g/mol. The summed E-state index contributed by atoms with van der Waals surface area (Å²) < 4.78 is 17.1. The fraction of sp³-hybridized carbons (Fsp3) is 0.632. The number of carbonyl (C=O) groups is 1. The summed E-state index contributed by atoms with van der Waals surface area (Å²) in [6, 6.07) is 7.95. The van der Waals surface area contributed by atoms with E-state index in [1.54, 1.807) is 0 Å². The van der Waals surface area contributed by atoms with Crippen LogP contribution in [0.15, 0.2) is 24.3 Å². The Balaban J connectivity index is 1.42. The second-order valence-corrected chi connectivity index (χ2v) is 6.99. The summed E-state index contributed by atoms with van der Waals surface area (Å²) in [5.41, 5.74) is 0. The maximum absolute atomic E-state index is 13.0. The second kappa shape index (κ2) is 7.22. The third-order valence-electron chi connectivity index (χ3n) is 5.54. The van der Waals surface area contributed by atoms with E-state index in [0.717, 1.165) is 45.8 Å². The fourth-order valence-corrected chi connectivity index (χ4v) is 4.10. The van der Waals surface area contributed by atoms with E-state index >= 15 is 0 Å². The Labute approximate surface area is 148 Å². The molecular formula is C19H26N2O4. The molecule has 6 heteroatoms. The minimum Gasteiger partial charge on any atom is -0.485 e. The van der Waals surface area contributed by atoms with E-state index in [9.17, 15) is 4.79 Å². The maximum Gasteiger partial charge on any atom is 0.267 e. The van der Waals surface area contributed by atoms with Gasteiger partial charge in [-0.2, -0.15) is 0 Å². The van der Waals surface area contributed by atoms with Gasteiger partial charge in [0, 0.05) is 32.2 Å². The normalized spacial score (nSPS) is 29.6. The molecule has 6 nitrogen and oxygen atoms in total. The molecule has 3 atom stereocenters. The summed E-state index contributed by atoms with van der Waals surface area (Å²) in [5, 5.41) is 0. The van der Waals surface area contributed by atoms with Crippen LogP contribution in [0, 0.1) is 5.92 Å². The van der Waals surface area contributed by atoms with Gasteiger partial charge in [0.2, 0.25) is 6.10 Å². The highest BCUT2D eigenvalue weighted by atomic mass is 16.6. The summed E-state index contributed by atoms with van der Waals surface area (Å²) in [6.07, 6.45) is 0.535. The van der Waals surface area contributed by atoms with Crippen molar-refractivity contribution in [2.45, 2.75) is 25.5 Å². The molecule has 1 aromatic carbocycles. The summed E-state index contributed by atoms with van der Waals surface area (Å²) in [7, 11) is 0. The van der Waals surface area contributed by atoms with Gasteiger partial charge in [0.1, 0.15) is 6.61 Å². The van der Waals surface area contributed by atoms with Crippen LogP contribution in [0.2, 0.25) is 0 Å². The molecule has 2 fully saturated rings. The van der Waals surface area contributed by atoms with Crippen molar-refractivity contribution < 1.29 is 19.0 Å². The Kier molecular flexibility index (Phi) is 4.81. The number of rotatable bonds is 3. The van der Waals surface area contributed by atoms with E-state index in [-0.39, 0.29) is 12.5 Å². The molecule has 0 aliphatic carbocycles. The van der Waals surface area contributed by atoms with Crippen molar-refractivity contribution in [1.29, 1.82) is 0 Å². The van der Waals surface area contributed by atoms with Crippen LogP contribution in [-0.4, -0.2) is 73.9 Å². The highest BCUT2D eigenvalue weighted by Gasteiger charge is 2.41. The van der Waals surface area contributed by atoms with E-state index in [1.165, 1.54) is 0 Å². The van der Waals surface area contributed by atoms with Gasteiger partial charge in [-0.25, -0.2) is 0 Å². The van der Waals surface area contributed by atoms with Gasteiger partial charge in [-0.1, -0.05) is 25.5 Å². The van der Waals surface area contributed by atoms with Gasteiger partial charge in [0.05, 0.1) is 13.2 Å². The minimum atomic E-state index is -0.546. The van der Waals surface area contributed by atoms with Crippen molar-refractivity contribution in [2.75, 3.05) is 46.0 Å². The van der Waals surface area contributed by atoms with Gasteiger partial charge in [-0.15, -0.1) is 0 Å². The quantitative estimate of drug-likeness (QED) is 0.828. The smallest absolute Gasteiger partial charge is 0.267 e. The lowest BCUT2D eigenvalue weighted by Crippen LogP contribution is -2.49. The van der Waals surface area contributed by atoms with Gasteiger partial charge in [0.15, 0.2) is 11.5 Å². The Bertz CT molecular complexity index is 617. The van der Waals surface area contributed by atoms with E-state index in [1.807, 2.05) is 29.2 Å². The van der Waals surface area contributed by atoms with Crippen LogP contribution in [0.3, 0.4) is 0 Å². The largest absolute Gasteiger partial charge is 0.485 e. The van der Waals surface area contributed by atoms with Crippen LogP contribution in [0.1, 0.15) is 13.3 Å². The minimum absolute atomic E-state index is 0.0451. The molecule has 1 amide bonds. The molecular weight excluding hydrogens is 320 g/mol. The number of ether oxygens (including phenoxy) is 3. The number of nitrogens with zero attached hydrogens (tertiary/aromatic N) is 2. The van der Waals surface area contributed by atoms with E-state index < -0.39 is 6.10 Å². The van der Waals surface area contributed by atoms with Crippen LogP contribution in [0.25, 0.3) is 0 Å². The van der Waals surface area contributed by atoms with Crippen molar-refractivity contribution in [3.63, 3.8) is 0 Å².